The van der Waals surface area contributed by atoms with Gasteiger partial charge < -0.3 is 10.6 Å². The molecule has 3 atom stereocenters. The van der Waals surface area contributed by atoms with E-state index in [-0.39, 0.29) is 11.9 Å². The summed E-state index contributed by atoms with van der Waals surface area (Å²) in [6, 6.07) is 0.872. The third-order valence-electron chi connectivity index (χ3n) is 2.94. The van der Waals surface area contributed by atoms with Crippen molar-refractivity contribution in [2.75, 3.05) is 20.1 Å². The summed E-state index contributed by atoms with van der Waals surface area (Å²) in [5.74, 6) is 0.103. The number of amides is 1. The van der Waals surface area contributed by atoms with Crippen molar-refractivity contribution >= 4 is 5.91 Å². The molecule has 0 aromatic carbocycles. The molecule has 14 heavy (non-hydrogen) atoms. The molecule has 2 N–H and O–H groups in total. The highest BCUT2D eigenvalue weighted by atomic mass is 16.2. The zero-order valence-electron chi connectivity index (χ0n) is 9.50. The minimum absolute atomic E-state index is 0.0282. The average molecular weight is 199 g/mol. The van der Waals surface area contributed by atoms with Gasteiger partial charge in [0, 0.05) is 32.2 Å². The number of piperazine rings is 1. The summed E-state index contributed by atoms with van der Waals surface area (Å²) in [5.41, 5.74) is 0. The molecule has 0 saturated carbocycles. The summed E-state index contributed by atoms with van der Waals surface area (Å²) in [6.07, 6.45) is 0. The molecule has 0 aromatic rings. The fraction of sp³-hybridized carbons (Fsp3) is 0.900. The van der Waals surface area contributed by atoms with Crippen LogP contribution in [0.4, 0.5) is 0 Å². The van der Waals surface area contributed by atoms with Gasteiger partial charge in [0.15, 0.2) is 0 Å². The quantitative estimate of drug-likeness (QED) is 0.647. The lowest BCUT2D eigenvalue weighted by Crippen LogP contribution is -2.59. The number of carbonyl (C=O) groups excluding carboxylic acids is 1. The van der Waals surface area contributed by atoms with E-state index in [1.54, 1.807) is 7.05 Å². The number of hydrogen-bond acceptors (Lipinski definition) is 3. The number of carbonyl (C=O) groups is 1. The number of hydrogen-bond donors (Lipinski definition) is 2. The van der Waals surface area contributed by atoms with Gasteiger partial charge in [0.2, 0.25) is 5.91 Å². The van der Waals surface area contributed by atoms with Crippen LogP contribution in [0.1, 0.15) is 20.8 Å². The van der Waals surface area contributed by atoms with E-state index in [1.807, 2.05) is 6.92 Å². The largest absolute Gasteiger partial charge is 0.358 e. The Hall–Kier alpha value is -0.610. The second kappa shape index (κ2) is 4.75. The van der Waals surface area contributed by atoms with E-state index in [0.29, 0.717) is 12.1 Å². The van der Waals surface area contributed by atoms with Crippen LogP contribution < -0.4 is 10.6 Å². The second-order valence-electron chi connectivity index (χ2n) is 4.15. The summed E-state index contributed by atoms with van der Waals surface area (Å²) in [4.78, 5) is 13.7. The van der Waals surface area contributed by atoms with E-state index in [1.165, 1.54) is 0 Å². The normalized spacial score (nSPS) is 31.1. The third-order valence-corrected chi connectivity index (χ3v) is 2.94. The van der Waals surface area contributed by atoms with Gasteiger partial charge in [0.25, 0.3) is 0 Å². The lowest BCUT2D eigenvalue weighted by Gasteiger charge is -2.40. The monoisotopic (exact) mass is 199 g/mol. The second-order valence-corrected chi connectivity index (χ2v) is 4.15. The van der Waals surface area contributed by atoms with E-state index < -0.39 is 0 Å². The summed E-state index contributed by atoms with van der Waals surface area (Å²) in [6.45, 7) is 8.17. The average Bonchev–Trinajstić information content (AvgIpc) is 2.19. The number of likely N-dealkylation sites (N-methyl/N-ethyl adjacent to an activating group) is 1. The van der Waals surface area contributed by atoms with Crippen molar-refractivity contribution in [3.05, 3.63) is 0 Å². The van der Waals surface area contributed by atoms with Crippen molar-refractivity contribution in [3.8, 4) is 0 Å². The van der Waals surface area contributed by atoms with E-state index in [4.69, 9.17) is 0 Å². The number of nitrogens with zero attached hydrogens (tertiary/aromatic N) is 1. The molecular formula is C10H21N3O. The van der Waals surface area contributed by atoms with E-state index in [9.17, 15) is 4.79 Å². The van der Waals surface area contributed by atoms with Crippen LogP contribution in [0, 0.1) is 0 Å². The van der Waals surface area contributed by atoms with Crippen molar-refractivity contribution in [1.82, 2.24) is 15.5 Å². The Labute approximate surface area is 86.0 Å². The van der Waals surface area contributed by atoms with Gasteiger partial charge in [-0.2, -0.15) is 0 Å². The lowest BCUT2D eigenvalue weighted by molar-refractivity contribution is -0.126. The van der Waals surface area contributed by atoms with Gasteiger partial charge in [-0.05, 0) is 20.8 Å². The highest BCUT2D eigenvalue weighted by Crippen LogP contribution is 2.10. The Morgan fingerprint density at radius 1 is 1.57 bits per heavy atom. The molecule has 1 aliphatic heterocycles. The first-order chi connectivity index (χ1) is 6.56. The summed E-state index contributed by atoms with van der Waals surface area (Å²) >= 11 is 0. The fourth-order valence-electron chi connectivity index (χ4n) is 1.95. The molecule has 1 saturated heterocycles. The van der Waals surface area contributed by atoms with Crippen molar-refractivity contribution in [2.45, 2.75) is 38.9 Å². The van der Waals surface area contributed by atoms with Gasteiger partial charge in [-0.1, -0.05) is 0 Å². The maximum absolute atomic E-state index is 11.5. The SMILES string of the molecule is CNC(=O)C(C)N1CC(C)NCC1C. The minimum atomic E-state index is -0.0282. The van der Waals surface area contributed by atoms with Crippen LogP contribution in [0.2, 0.25) is 0 Å². The van der Waals surface area contributed by atoms with Crippen LogP contribution in [-0.2, 0) is 4.79 Å². The Morgan fingerprint density at radius 3 is 2.79 bits per heavy atom. The van der Waals surface area contributed by atoms with Gasteiger partial charge in [0.05, 0.1) is 6.04 Å². The molecule has 1 amide bonds. The molecule has 4 heteroatoms. The van der Waals surface area contributed by atoms with Crippen LogP contribution >= 0.6 is 0 Å². The smallest absolute Gasteiger partial charge is 0.236 e. The van der Waals surface area contributed by atoms with E-state index >= 15 is 0 Å². The van der Waals surface area contributed by atoms with Gasteiger partial charge in [0.1, 0.15) is 0 Å². The molecule has 1 fully saturated rings. The summed E-state index contributed by atoms with van der Waals surface area (Å²) in [7, 11) is 1.69. The van der Waals surface area contributed by atoms with Gasteiger partial charge in [-0.25, -0.2) is 0 Å². The molecule has 0 bridgehead atoms. The standard InChI is InChI=1S/C10H21N3O/c1-7-6-13(8(2)5-12-7)9(3)10(14)11-4/h7-9,12H,5-6H2,1-4H3,(H,11,14). The van der Waals surface area contributed by atoms with Crippen LogP contribution in [0.3, 0.4) is 0 Å². The highest BCUT2D eigenvalue weighted by Gasteiger charge is 2.29. The van der Waals surface area contributed by atoms with Gasteiger partial charge in [-0.15, -0.1) is 0 Å². The Morgan fingerprint density at radius 2 is 2.21 bits per heavy atom. The number of nitrogens with one attached hydrogen (secondary N) is 2. The third kappa shape index (κ3) is 2.45. The first-order valence-corrected chi connectivity index (χ1v) is 5.27. The van der Waals surface area contributed by atoms with E-state index in [2.05, 4.69) is 29.4 Å². The highest BCUT2D eigenvalue weighted by molar-refractivity contribution is 5.81. The fourth-order valence-corrected chi connectivity index (χ4v) is 1.95. The molecule has 0 aromatic heterocycles. The Kier molecular flexibility index (Phi) is 3.89. The Bertz CT molecular complexity index is 208. The van der Waals surface area contributed by atoms with E-state index in [0.717, 1.165) is 13.1 Å². The maximum Gasteiger partial charge on any atom is 0.236 e. The molecule has 4 nitrogen and oxygen atoms in total. The number of rotatable bonds is 2. The summed E-state index contributed by atoms with van der Waals surface area (Å²) < 4.78 is 0. The predicted molar refractivity (Wildman–Crippen MR) is 57.2 cm³/mol. The Balaban J connectivity index is 2.59. The van der Waals surface area contributed by atoms with Crippen LogP contribution in [0.15, 0.2) is 0 Å². The van der Waals surface area contributed by atoms with Crippen LogP contribution in [0.5, 0.6) is 0 Å². The van der Waals surface area contributed by atoms with Gasteiger partial charge >= 0.3 is 0 Å². The van der Waals surface area contributed by atoms with Crippen molar-refractivity contribution in [2.24, 2.45) is 0 Å². The van der Waals surface area contributed by atoms with Crippen LogP contribution in [0.25, 0.3) is 0 Å². The van der Waals surface area contributed by atoms with Crippen molar-refractivity contribution in [3.63, 3.8) is 0 Å². The summed E-state index contributed by atoms with van der Waals surface area (Å²) in [5, 5.41) is 6.10. The predicted octanol–water partition coefficient (Wildman–Crippen LogP) is -0.197. The first kappa shape index (κ1) is 11.5. The van der Waals surface area contributed by atoms with Crippen molar-refractivity contribution in [1.29, 1.82) is 0 Å². The molecule has 1 rings (SSSR count). The zero-order chi connectivity index (χ0) is 10.7. The molecule has 0 radical (unpaired) electrons. The molecule has 0 aliphatic carbocycles. The van der Waals surface area contributed by atoms with Gasteiger partial charge in [-0.3, -0.25) is 9.69 Å². The molecule has 82 valence electrons. The van der Waals surface area contributed by atoms with Crippen LogP contribution in [-0.4, -0.2) is 49.1 Å². The molecule has 1 heterocycles. The minimum Gasteiger partial charge on any atom is -0.358 e. The maximum atomic E-state index is 11.5. The molecule has 1 aliphatic rings. The molecule has 3 unspecified atom stereocenters. The zero-order valence-corrected chi connectivity index (χ0v) is 9.50. The lowest BCUT2D eigenvalue weighted by atomic mass is 10.1. The van der Waals surface area contributed by atoms with Crippen molar-refractivity contribution < 1.29 is 4.79 Å². The molecule has 0 spiro atoms. The first-order valence-electron chi connectivity index (χ1n) is 5.27. The topological polar surface area (TPSA) is 44.4 Å². The molecular weight excluding hydrogens is 178 g/mol.